The third kappa shape index (κ3) is 2.98. The van der Waals surface area contributed by atoms with Crippen molar-refractivity contribution < 1.29 is 4.79 Å². The van der Waals surface area contributed by atoms with Crippen molar-refractivity contribution >= 4 is 5.91 Å². The Balaban J connectivity index is 2.12. The van der Waals surface area contributed by atoms with Crippen molar-refractivity contribution in [2.24, 2.45) is 0 Å². The van der Waals surface area contributed by atoms with Gasteiger partial charge >= 0.3 is 0 Å². The highest BCUT2D eigenvalue weighted by atomic mass is 16.2. The van der Waals surface area contributed by atoms with Crippen molar-refractivity contribution in [3.63, 3.8) is 0 Å². The maximum absolute atomic E-state index is 12.9. The zero-order valence-corrected chi connectivity index (χ0v) is 14.0. The van der Waals surface area contributed by atoms with Gasteiger partial charge < -0.3 is 10.2 Å². The monoisotopic (exact) mass is 330 g/mol. The first-order valence-electron chi connectivity index (χ1n) is 8.26. The van der Waals surface area contributed by atoms with Gasteiger partial charge in [-0.1, -0.05) is 25.1 Å². The van der Waals surface area contributed by atoms with Crippen LogP contribution >= 0.6 is 0 Å². The summed E-state index contributed by atoms with van der Waals surface area (Å²) in [4.78, 5) is 14.7. The Morgan fingerprint density at radius 1 is 1.12 bits per heavy atom. The number of nitrogens with zero attached hydrogens (tertiary/aromatic N) is 3. The van der Waals surface area contributed by atoms with Crippen LogP contribution in [0.4, 0.5) is 0 Å². The minimum Gasteiger partial charge on any atom is -0.326 e. The molecule has 0 saturated heterocycles. The first-order chi connectivity index (χ1) is 12.2. The van der Waals surface area contributed by atoms with Gasteiger partial charge in [0.2, 0.25) is 0 Å². The van der Waals surface area contributed by atoms with Crippen molar-refractivity contribution in [1.29, 1.82) is 10.5 Å². The molecule has 0 bridgehead atoms. The van der Waals surface area contributed by atoms with Crippen LogP contribution in [0.5, 0.6) is 0 Å². The van der Waals surface area contributed by atoms with E-state index in [0.29, 0.717) is 35.3 Å². The van der Waals surface area contributed by atoms with Crippen LogP contribution in [-0.2, 0) is 0 Å². The minimum atomic E-state index is -0.342. The van der Waals surface area contributed by atoms with E-state index in [1.54, 1.807) is 23.1 Å². The van der Waals surface area contributed by atoms with Crippen LogP contribution in [0.2, 0.25) is 0 Å². The number of rotatable bonds is 5. The third-order valence-electron chi connectivity index (χ3n) is 4.43. The summed E-state index contributed by atoms with van der Waals surface area (Å²) >= 11 is 0. The van der Waals surface area contributed by atoms with Crippen LogP contribution in [0.25, 0.3) is 0 Å². The topological polar surface area (TPSA) is 79.9 Å². The van der Waals surface area contributed by atoms with E-state index >= 15 is 0 Å². The number of likely N-dealkylation sites (N-methyl/N-ethyl adjacent to an activating group) is 1. The lowest BCUT2D eigenvalue weighted by Crippen LogP contribution is -2.35. The SMILES string of the molecule is CCNCCN1C(=O)c2ccccc2C1c1cc(C#N)ccc1C#N. The Labute approximate surface area is 147 Å². The first-order valence-corrected chi connectivity index (χ1v) is 8.26. The summed E-state index contributed by atoms with van der Waals surface area (Å²) < 4.78 is 0. The predicted molar refractivity (Wildman–Crippen MR) is 93.7 cm³/mol. The van der Waals surface area contributed by atoms with E-state index < -0.39 is 0 Å². The molecule has 0 fully saturated rings. The summed E-state index contributed by atoms with van der Waals surface area (Å²) in [5, 5.41) is 22.0. The van der Waals surface area contributed by atoms with Crippen molar-refractivity contribution in [2.45, 2.75) is 13.0 Å². The number of nitriles is 2. The van der Waals surface area contributed by atoms with Crippen LogP contribution < -0.4 is 5.32 Å². The molecule has 1 unspecified atom stereocenters. The van der Waals surface area contributed by atoms with Crippen LogP contribution in [0, 0.1) is 22.7 Å². The zero-order chi connectivity index (χ0) is 17.8. The molecule has 1 atom stereocenters. The quantitative estimate of drug-likeness (QED) is 0.855. The summed E-state index contributed by atoms with van der Waals surface area (Å²) in [5.74, 6) is -0.0373. The fourth-order valence-corrected chi connectivity index (χ4v) is 3.27. The Morgan fingerprint density at radius 2 is 1.92 bits per heavy atom. The molecule has 0 saturated carbocycles. The molecule has 0 aliphatic carbocycles. The molecule has 2 aromatic carbocycles. The lowest BCUT2D eigenvalue weighted by Gasteiger charge is -2.26. The van der Waals surface area contributed by atoms with E-state index in [1.165, 1.54) is 0 Å². The van der Waals surface area contributed by atoms with Crippen LogP contribution in [0.1, 0.15) is 45.6 Å². The van der Waals surface area contributed by atoms with E-state index in [-0.39, 0.29) is 11.9 Å². The number of hydrogen-bond donors (Lipinski definition) is 1. The molecule has 0 radical (unpaired) electrons. The summed E-state index contributed by atoms with van der Waals surface area (Å²) in [5.41, 5.74) is 3.22. The Hall–Kier alpha value is -3.15. The third-order valence-corrected chi connectivity index (χ3v) is 4.43. The standard InChI is InChI=1S/C20H18N4O/c1-2-23-9-10-24-19(16-5-3-4-6-17(16)20(24)25)18-11-14(12-21)7-8-15(18)13-22/h3-8,11,19,23H,2,9-10H2,1H3. The Kier molecular flexibility index (Phi) is 4.79. The summed E-state index contributed by atoms with van der Waals surface area (Å²) in [6.45, 7) is 4.05. The highest BCUT2D eigenvalue weighted by molar-refractivity contribution is 5.99. The predicted octanol–water partition coefficient (Wildman–Crippen LogP) is 2.58. The molecule has 1 amide bonds. The molecule has 2 aromatic rings. The van der Waals surface area contributed by atoms with Crippen LogP contribution in [-0.4, -0.2) is 30.4 Å². The second kappa shape index (κ2) is 7.17. The lowest BCUT2D eigenvalue weighted by molar-refractivity contribution is 0.0751. The van der Waals surface area contributed by atoms with Gasteiger partial charge in [-0.25, -0.2) is 0 Å². The van der Waals surface area contributed by atoms with Gasteiger partial charge in [0.1, 0.15) is 0 Å². The Bertz CT molecular complexity index is 891. The number of amides is 1. The largest absolute Gasteiger partial charge is 0.326 e. The fourth-order valence-electron chi connectivity index (χ4n) is 3.27. The summed E-state index contributed by atoms with van der Waals surface area (Å²) in [6.07, 6.45) is 0. The van der Waals surface area contributed by atoms with Gasteiger partial charge in [0, 0.05) is 18.7 Å². The van der Waals surface area contributed by atoms with E-state index in [0.717, 1.165) is 12.1 Å². The molecule has 0 aromatic heterocycles. The Morgan fingerprint density at radius 3 is 2.64 bits per heavy atom. The molecular formula is C20H18N4O. The number of carbonyl (C=O) groups excluding carboxylic acids is 1. The van der Waals surface area contributed by atoms with E-state index in [9.17, 15) is 15.3 Å². The van der Waals surface area contributed by atoms with Crippen molar-refractivity contribution in [3.8, 4) is 12.1 Å². The average Bonchev–Trinajstić information content (AvgIpc) is 2.94. The van der Waals surface area contributed by atoms with Crippen molar-refractivity contribution in [2.75, 3.05) is 19.6 Å². The normalized spacial score (nSPS) is 15.6. The molecule has 5 nitrogen and oxygen atoms in total. The summed E-state index contributed by atoms with van der Waals surface area (Å²) in [6, 6.07) is 16.5. The van der Waals surface area contributed by atoms with Gasteiger partial charge in [0.25, 0.3) is 5.91 Å². The maximum Gasteiger partial charge on any atom is 0.255 e. The van der Waals surface area contributed by atoms with E-state index in [1.807, 2.05) is 31.2 Å². The highest BCUT2D eigenvalue weighted by Crippen LogP contribution is 2.39. The van der Waals surface area contributed by atoms with E-state index in [2.05, 4.69) is 17.5 Å². The molecular weight excluding hydrogens is 312 g/mol. The summed E-state index contributed by atoms with van der Waals surface area (Å²) in [7, 11) is 0. The minimum absolute atomic E-state index is 0.0373. The number of benzene rings is 2. The van der Waals surface area contributed by atoms with E-state index in [4.69, 9.17) is 0 Å². The molecule has 5 heteroatoms. The molecule has 1 N–H and O–H groups in total. The average molecular weight is 330 g/mol. The second-order valence-electron chi connectivity index (χ2n) is 5.87. The van der Waals surface area contributed by atoms with Gasteiger partial charge in [-0.2, -0.15) is 10.5 Å². The molecule has 1 heterocycles. The highest BCUT2D eigenvalue weighted by Gasteiger charge is 2.38. The van der Waals surface area contributed by atoms with Crippen LogP contribution in [0.3, 0.4) is 0 Å². The smallest absolute Gasteiger partial charge is 0.255 e. The van der Waals surface area contributed by atoms with Crippen molar-refractivity contribution in [1.82, 2.24) is 10.2 Å². The van der Waals surface area contributed by atoms with Gasteiger partial charge in [-0.15, -0.1) is 0 Å². The molecule has 0 spiro atoms. The van der Waals surface area contributed by atoms with Crippen LogP contribution in [0.15, 0.2) is 42.5 Å². The number of fused-ring (bicyclic) bond motifs is 1. The molecule has 1 aliphatic heterocycles. The number of carbonyl (C=O) groups is 1. The zero-order valence-electron chi connectivity index (χ0n) is 14.0. The fraction of sp³-hybridized carbons (Fsp3) is 0.250. The molecule has 124 valence electrons. The molecule has 25 heavy (non-hydrogen) atoms. The van der Waals surface area contributed by atoms with Gasteiger partial charge in [0.15, 0.2) is 0 Å². The number of nitrogens with one attached hydrogen (secondary N) is 1. The maximum atomic E-state index is 12.9. The molecule has 1 aliphatic rings. The van der Waals surface area contributed by atoms with Gasteiger partial charge in [-0.05, 0) is 41.9 Å². The van der Waals surface area contributed by atoms with Gasteiger partial charge in [-0.3, -0.25) is 4.79 Å². The van der Waals surface area contributed by atoms with Gasteiger partial charge in [0.05, 0.1) is 29.3 Å². The number of hydrogen-bond acceptors (Lipinski definition) is 4. The molecule has 3 rings (SSSR count). The first kappa shape index (κ1) is 16.7. The lowest BCUT2D eigenvalue weighted by atomic mass is 9.93. The second-order valence-corrected chi connectivity index (χ2v) is 5.87. The van der Waals surface area contributed by atoms with Crippen molar-refractivity contribution in [3.05, 3.63) is 70.3 Å².